The molecular formula is C15H15N7O2. The lowest BCUT2D eigenvalue weighted by molar-refractivity contribution is 0.0697. The molecule has 0 aliphatic rings. The summed E-state index contributed by atoms with van der Waals surface area (Å²) in [6.07, 6.45) is 2.81. The van der Waals surface area contributed by atoms with Crippen LogP contribution in [0.4, 0.5) is 17.5 Å². The van der Waals surface area contributed by atoms with Crippen molar-refractivity contribution >= 4 is 23.4 Å². The normalized spacial score (nSPS) is 10.4. The van der Waals surface area contributed by atoms with Crippen LogP contribution in [0.1, 0.15) is 15.9 Å². The van der Waals surface area contributed by atoms with Crippen LogP contribution in [0, 0.1) is 6.92 Å². The second-order valence-electron chi connectivity index (χ2n) is 4.97. The Labute approximate surface area is 137 Å². The SMILES string of the molecule is CNc1cc(-n2ncnc2Nc2cc(C(=O)O)ccc2C)ncn1. The first kappa shape index (κ1) is 15.4. The number of aryl methyl sites for hydroxylation is 1. The highest BCUT2D eigenvalue weighted by Gasteiger charge is 2.12. The molecule has 0 atom stereocenters. The Morgan fingerprint density at radius 3 is 2.75 bits per heavy atom. The Hall–Kier alpha value is -3.49. The van der Waals surface area contributed by atoms with Crippen molar-refractivity contribution in [2.75, 3.05) is 17.7 Å². The van der Waals surface area contributed by atoms with Gasteiger partial charge in [-0.15, -0.1) is 0 Å². The lowest BCUT2D eigenvalue weighted by atomic mass is 10.1. The van der Waals surface area contributed by atoms with Crippen LogP contribution in [-0.2, 0) is 0 Å². The molecule has 0 bridgehead atoms. The fourth-order valence-corrected chi connectivity index (χ4v) is 2.10. The van der Waals surface area contributed by atoms with Crippen LogP contribution in [0.5, 0.6) is 0 Å². The van der Waals surface area contributed by atoms with E-state index in [1.807, 2.05) is 6.92 Å². The molecule has 9 heteroatoms. The second-order valence-corrected chi connectivity index (χ2v) is 4.97. The largest absolute Gasteiger partial charge is 0.478 e. The molecule has 3 aromatic rings. The van der Waals surface area contributed by atoms with Gasteiger partial charge in [-0.1, -0.05) is 6.07 Å². The van der Waals surface area contributed by atoms with Gasteiger partial charge in [0.2, 0.25) is 5.95 Å². The van der Waals surface area contributed by atoms with Gasteiger partial charge in [-0.25, -0.2) is 14.8 Å². The van der Waals surface area contributed by atoms with E-state index in [0.29, 0.717) is 23.3 Å². The van der Waals surface area contributed by atoms with Crippen LogP contribution < -0.4 is 10.6 Å². The molecule has 0 saturated heterocycles. The van der Waals surface area contributed by atoms with Crippen molar-refractivity contribution < 1.29 is 9.90 Å². The molecule has 24 heavy (non-hydrogen) atoms. The van der Waals surface area contributed by atoms with E-state index in [1.165, 1.54) is 17.3 Å². The standard InChI is InChI=1S/C15H15N7O2/c1-9-3-4-10(14(23)24)5-11(9)21-15-19-8-20-22(15)13-6-12(16-2)17-7-18-13/h3-8H,1-2H3,(H,23,24)(H,16,17,18)(H,19,20,21). The van der Waals surface area contributed by atoms with E-state index >= 15 is 0 Å². The third-order valence-electron chi connectivity index (χ3n) is 3.40. The summed E-state index contributed by atoms with van der Waals surface area (Å²) in [5.41, 5.74) is 1.70. The molecule has 9 nitrogen and oxygen atoms in total. The van der Waals surface area contributed by atoms with Crippen LogP contribution in [0.25, 0.3) is 5.82 Å². The van der Waals surface area contributed by atoms with Crippen LogP contribution in [0.2, 0.25) is 0 Å². The number of nitrogens with zero attached hydrogens (tertiary/aromatic N) is 5. The molecule has 1 aromatic carbocycles. The fraction of sp³-hybridized carbons (Fsp3) is 0.133. The van der Waals surface area contributed by atoms with Gasteiger partial charge in [0.05, 0.1) is 5.56 Å². The third-order valence-corrected chi connectivity index (χ3v) is 3.40. The zero-order chi connectivity index (χ0) is 17.1. The average molecular weight is 325 g/mol. The van der Waals surface area contributed by atoms with E-state index in [2.05, 4.69) is 30.7 Å². The van der Waals surface area contributed by atoms with Gasteiger partial charge in [0.15, 0.2) is 5.82 Å². The van der Waals surface area contributed by atoms with Crippen molar-refractivity contribution in [2.45, 2.75) is 6.92 Å². The summed E-state index contributed by atoms with van der Waals surface area (Å²) in [6, 6.07) is 6.56. The highest BCUT2D eigenvalue weighted by Crippen LogP contribution is 2.22. The van der Waals surface area contributed by atoms with E-state index in [-0.39, 0.29) is 5.56 Å². The lowest BCUT2D eigenvalue weighted by Crippen LogP contribution is -2.07. The van der Waals surface area contributed by atoms with E-state index in [0.717, 1.165) is 5.56 Å². The number of rotatable bonds is 5. The first-order valence-corrected chi connectivity index (χ1v) is 7.09. The summed E-state index contributed by atoms with van der Waals surface area (Å²) in [6.45, 7) is 1.87. The zero-order valence-corrected chi connectivity index (χ0v) is 13.1. The summed E-state index contributed by atoms with van der Waals surface area (Å²) in [5.74, 6) is 0.599. The maximum atomic E-state index is 11.1. The van der Waals surface area contributed by atoms with Gasteiger partial charge in [0.1, 0.15) is 18.5 Å². The lowest BCUT2D eigenvalue weighted by Gasteiger charge is -2.11. The minimum Gasteiger partial charge on any atom is -0.478 e. The van der Waals surface area contributed by atoms with Crippen molar-refractivity contribution in [1.82, 2.24) is 24.7 Å². The first-order chi connectivity index (χ1) is 11.6. The minimum atomic E-state index is -0.992. The molecule has 122 valence electrons. The van der Waals surface area contributed by atoms with Gasteiger partial charge in [0.25, 0.3) is 0 Å². The molecule has 0 fully saturated rings. The quantitative estimate of drug-likeness (QED) is 0.650. The minimum absolute atomic E-state index is 0.189. The van der Waals surface area contributed by atoms with E-state index in [9.17, 15) is 4.79 Å². The van der Waals surface area contributed by atoms with Gasteiger partial charge in [0, 0.05) is 18.8 Å². The number of carbonyl (C=O) groups is 1. The van der Waals surface area contributed by atoms with Gasteiger partial charge < -0.3 is 15.7 Å². The molecule has 0 amide bonds. The van der Waals surface area contributed by atoms with Crippen molar-refractivity contribution in [2.24, 2.45) is 0 Å². The number of aromatic carboxylic acids is 1. The number of anilines is 3. The Kier molecular flexibility index (Phi) is 4.06. The molecule has 0 aliphatic carbocycles. The molecule has 3 N–H and O–H groups in total. The van der Waals surface area contributed by atoms with E-state index in [4.69, 9.17) is 5.11 Å². The van der Waals surface area contributed by atoms with Crippen LogP contribution in [-0.4, -0.2) is 42.9 Å². The van der Waals surface area contributed by atoms with Gasteiger partial charge in [-0.05, 0) is 24.6 Å². The zero-order valence-electron chi connectivity index (χ0n) is 13.1. The number of hydrogen-bond donors (Lipinski definition) is 3. The molecule has 0 saturated carbocycles. The topological polar surface area (TPSA) is 118 Å². The Morgan fingerprint density at radius 2 is 2.00 bits per heavy atom. The van der Waals surface area contributed by atoms with Crippen molar-refractivity contribution in [3.63, 3.8) is 0 Å². The monoisotopic (exact) mass is 325 g/mol. The van der Waals surface area contributed by atoms with E-state index < -0.39 is 5.97 Å². The van der Waals surface area contributed by atoms with E-state index in [1.54, 1.807) is 31.3 Å². The Balaban J connectivity index is 1.97. The molecule has 3 rings (SSSR count). The van der Waals surface area contributed by atoms with Gasteiger partial charge >= 0.3 is 5.97 Å². The summed E-state index contributed by atoms with van der Waals surface area (Å²) in [5, 5.41) is 19.3. The van der Waals surface area contributed by atoms with Crippen LogP contribution in [0.15, 0.2) is 36.9 Å². The molecule has 2 aromatic heterocycles. The Morgan fingerprint density at radius 1 is 1.17 bits per heavy atom. The fourth-order valence-electron chi connectivity index (χ4n) is 2.10. The predicted molar refractivity (Wildman–Crippen MR) is 87.9 cm³/mol. The number of benzene rings is 1. The number of hydrogen-bond acceptors (Lipinski definition) is 7. The first-order valence-electron chi connectivity index (χ1n) is 7.09. The molecule has 0 unspecified atom stereocenters. The maximum Gasteiger partial charge on any atom is 0.335 e. The summed E-state index contributed by atoms with van der Waals surface area (Å²) < 4.78 is 1.51. The number of aromatic nitrogens is 5. The average Bonchev–Trinajstić information content (AvgIpc) is 3.05. The number of carboxylic acids is 1. The molecule has 2 heterocycles. The number of carboxylic acid groups (broad SMARTS) is 1. The third kappa shape index (κ3) is 3.00. The smallest absolute Gasteiger partial charge is 0.335 e. The van der Waals surface area contributed by atoms with Crippen molar-refractivity contribution in [3.8, 4) is 5.82 Å². The summed E-state index contributed by atoms with van der Waals surface area (Å²) in [4.78, 5) is 23.5. The summed E-state index contributed by atoms with van der Waals surface area (Å²) in [7, 11) is 1.76. The van der Waals surface area contributed by atoms with Crippen molar-refractivity contribution in [1.29, 1.82) is 0 Å². The highest BCUT2D eigenvalue weighted by molar-refractivity contribution is 5.89. The van der Waals surface area contributed by atoms with Crippen LogP contribution >= 0.6 is 0 Å². The van der Waals surface area contributed by atoms with Gasteiger partial charge in [-0.2, -0.15) is 14.8 Å². The highest BCUT2D eigenvalue weighted by atomic mass is 16.4. The van der Waals surface area contributed by atoms with Crippen molar-refractivity contribution in [3.05, 3.63) is 48.0 Å². The molecule has 0 radical (unpaired) electrons. The number of nitrogens with one attached hydrogen (secondary N) is 2. The maximum absolute atomic E-state index is 11.1. The Bertz CT molecular complexity index is 891. The molecule has 0 aliphatic heterocycles. The van der Waals surface area contributed by atoms with Crippen LogP contribution in [0.3, 0.4) is 0 Å². The molecular weight excluding hydrogens is 310 g/mol. The molecule has 0 spiro atoms. The second kappa shape index (κ2) is 6.32. The predicted octanol–water partition coefficient (Wildman–Crippen LogP) is 1.85. The summed E-state index contributed by atoms with van der Waals surface area (Å²) >= 11 is 0. The van der Waals surface area contributed by atoms with Gasteiger partial charge in [-0.3, -0.25) is 0 Å².